The van der Waals surface area contributed by atoms with E-state index in [-0.39, 0.29) is 18.7 Å². The smallest absolute Gasteiger partial charge is 0.305 e. The van der Waals surface area contributed by atoms with Gasteiger partial charge in [-0.25, -0.2) is 0 Å². The number of carboxylic acid groups (broad SMARTS) is 1. The van der Waals surface area contributed by atoms with Crippen LogP contribution >= 0.6 is 0 Å². The van der Waals surface area contributed by atoms with Crippen LogP contribution in [0.3, 0.4) is 0 Å². The Morgan fingerprint density at radius 2 is 2.20 bits per heavy atom. The third kappa shape index (κ3) is 3.26. The van der Waals surface area contributed by atoms with E-state index in [1.54, 1.807) is 0 Å². The first kappa shape index (κ1) is 11.0. The van der Waals surface area contributed by atoms with E-state index in [9.17, 15) is 14.4 Å². The van der Waals surface area contributed by atoms with E-state index in [0.717, 1.165) is 0 Å². The third-order valence-corrected chi connectivity index (χ3v) is 1.70. The van der Waals surface area contributed by atoms with Gasteiger partial charge in [0.2, 0.25) is 0 Å². The lowest BCUT2D eigenvalue weighted by atomic mass is 10.4. The molecule has 0 aromatic carbocycles. The first-order valence-electron chi connectivity index (χ1n) is 4.27. The van der Waals surface area contributed by atoms with Gasteiger partial charge in [-0.3, -0.25) is 14.4 Å². The van der Waals surface area contributed by atoms with Gasteiger partial charge in [0.15, 0.2) is 6.29 Å². The molecule has 1 aromatic heterocycles. The van der Waals surface area contributed by atoms with Gasteiger partial charge in [0.05, 0.1) is 12.1 Å². The topological polar surface area (TPSA) is 99.3 Å². The molecule has 15 heavy (non-hydrogen) atoms. The highest BCUT2D eigenvalue weighted by molar-refractivity contribution is 5.93. The van der Waals surface area contributed by atoms with Gasteiger partial charge in [0.25, 0.3) is 5.91 Å². The Balaban J connectivity index is 2.46. The number of aldehydes is 1. The first-order chi connectivity index (χ1) is 7.13. The minimum absolute atomic E-state index is 0.0591. The number of H-pyrrole nitrogens is 1. The van der Waals surface area contributed by atoms with Gasteiger partial charge in [0, 0.05) is 6.54 Å². The van der Waals surface area contributed by atoms with E-state index in [0.29, 0.717) is 12.0 Å². The molecule has 0 atom stereocenters. The number of nitrogens with one attached hydrogen (secondary N) is 2. The SMILES string of the molecule is O=Cc1ccc(C(=O)NCCC(=O)O)[nH]1. The van der Waals surface area contributed by atoms with E-state index in [4.69, 9.17) is 5.11 Å². The average Bonchev–Trinajstić information content (AvgIpc) is 2.65. The summed E-state index contributed by atoms with van der Waals surface area (Å²) in [4.78, 5) is 34.3. The lowest BCUT2D eigenvalue weighted by Gasteiger charge is -2.00. The Morgan fingerprint density at radius 3 is 2.73 bits per heavy atom. The lowest BCUT2D eigenvalue weighted by Crippen LogP contribution is -2.26. The van der Waals surface area contributed by atoms with Crippen LogP contribution in [-0.2, 0) is 4.79 Å². The Morgan fingerprint density at radius 1 is 1.47 bits per heavy atom. The highest BCUT2D eigenvalue weighted by Gasteiger charge is 2.07. The highest BCUT2D eigenvalue weighted by Crippen LogP contribution is 1.98. The molecule has 0 fully saturated rings. The summed E-state index contributed by atoms with van der Waals surface area (Å²) in [5, 5.41) is 10.7. The molecule has 0 saturated carbocycles. The molecule has 80 valence electrons. The van der Waals surface area contributed by atoms with Crippen LogP contribution in [0.15, 0.2) is 12.1 Å². The predicted molar refractivity (Wildman–Crippen MR) is 50.8 cm³/mol. The van der Waals surface area contributed by atoms with E-state index in [2.05, 4.69) is 10.3 Å². The van der Waals surface area contributed by atoms with Crippen molar-refractivity contribution in [3.8, 4) is 0 Å². The number of rotatable bonds is 5. The molecular weight excluding hydrogens is 200 g/mol. The highest BCUT2D eigenvalue weighted by atomic mass is 16.4. The first-order valence-corrected chi connectivity index (χ1v) is 4.27. The molecule has 0 unspecified atom stereocenters. The van der Waals surface area contributed by atoms with Crippen LogP contribution in [0, 0.1) is 0 Å². The van der Waals surface area contributed by atoms with Crippen LogP contribution in [0.1, 0.15) is 27.4 Å². The average molecular weight is 210 g/mol. The summed E-state index contributed by atoms with van der Waals surface area (Å²) >= 11 is 0. The summed E-state index contributed by atoms with van der Waals surface area (Å²) in [6.07, 6.45) is 0.459. The molecule has 1 rings (SSSR count). The van der Waals surface area contributed by atoms with Crippen molar-refractivity contribution in [2.24, 2.45) is 0 Å². The molecule has 0 saturated heterocycles. The van der Waals surface area contributed by atoms with Crippen LogP contribution < -0.4 is 5.32 Å². The number of hydrogen-bond donors (Lipinski definition) is 3. The third-order valence-electron chi connectivity index (χ3n) is 1.70. The fourth-order valence-corrected chi connectivity index (χ4v) is 0.991. The number of carbonyl (C=O) groups is 3. The number of carboxylic acids is 1. The summed E-state index contributed by atoms with van der Waals surface area (Å²) < 4.78 is 0. The largest absolute Gasteiger partial charge is 0.481 e. The van der Waals surface area contributed by atoms with Crippen LogP contribution in [0.2, 0.25) is 0 Å². The van der Waals surface area contributed by atoms with E-state index in [1.807, 2.05) is 0 Å². The second kappa shape index (κ2) is 4.94. The summed E-state index contributed by atoms with van der Waals surface area (Å²) in [5.74, 6) is -1.40. The van der Waals surface area contributed by atoms with Gasteiger partial charge in [-0.05, 0) is 12.1 Å². The van der Waals surface area contributed by atoms with Gasteiger partial charge in [0.1, 0.15) is 5.69 Å². The summed E-state index contributed by atoms with van der Waals surface area (Å²) in [7, 11) is 0. The van der Waals surface area contributed by atoms with E-state index >= 15 is 0 Å². The molecule has 6 nitrogen and oxygen atoms in total. The Hall–Kier alpha value is -2.11. The van der Waals surface area contributed by atoms with Crippen molar-refractivity contribution in [3.05, 3.63) is 23.5 Å². The monoisotopic (exact) mass is 210 g/mol. The Bertz CT molecular complexity index is 383. The molecule has 6 heteroatoms. The van der Waals surface area contributed by atoms with Crippen LogP contribution in [-0.4, -0.2) is 34.8 Å². The quantitative estimate of drug-likeness (QED) is 0.597. The normalized spacial score (nSPS) is 9.60. The molecule has 1 amide bonds. The summed E-state index contributed by atoms with van der Waals surface area (Å²) in [5.41, 5.74) is 0.542. The van der Waals surface area contributed by atoms with Gasteiger partial charge in [-0.15, -0.1) is 0 Å². The number of carbonyl (C=O) groups excluding carboxylic acids is 2. The number of hydrogen-bond acceptors (Lipinski definition) is 3. The maximum Gasteiger partial charge on any atom is 0.305 e. The number of aromatic nitrogens is 1. The Kier molecular flexibility index (Phi) is 3.61. The van der Waals surface area contributed by atoms with E-state index < -0.39 is 11.9 Å². The minimum Gasteiger partial charge on any atom is -0.481 e. The lowest BCUT2D eigenvalue weighted by molar-refractivity contribution is -0.136. The number of aromatic amines is 1. The molecule has 0 spiro atoms. The molecule has 1 aromatic rings. The fourth-order valence-electron chi connectivity index (χ4n) is 0.991. The molecule has 0 radical (unpaired) electrons. The van der Waals surface area contributed by atoms with Crippen molar-refractivity contribution in [2.45, 2.75) is 6.42 Å². The van der Waals surface area contributed by atoms with Gasteiger partial charge < -0.3 is 15.4 Å². The fraction of sp³-hybridized carbons (Fsp3) is 0.222. The minimum atomic E-state index is -0.977. The Labute approximate surface area is 85.3 Å². The van der Waals surface area contributed by atoms with Crippen LogP contribution in [0.4, 0.5) is 0 Å². The molecule has 1 heterocycles. The molecule has 3 N–H and O–H groups in total. The zero-order valence-electron chi connectivity index (χ0n) is 7.82. The zero-order valence-corrected chi connectivity index (χ0v) is 7.82. The van der Waals surface area contributed by atoms with Crippen molar-refractivity contribution >= 4 is 18.2 Å². The van der Waals surface area contributed by atoms with E-state index in [1.165, 1.54) is 12.1 Å². The second-order valence-corrected chi connectivity index (χ2v) is 2.84. The predicted octanol–water partition coefficient (Wildman–Crippen LogP) is 0.0317. The number of aliphatic carboxylic acids is 1. The maximum atomic E-state index is 11.3. The summed E-state index contributed by atoms with van der Waals surface area (Å²) in [6, 6.07) is 2.93. The van der Waals surface area contributed by atoms with Gasteiger partial charge in [-0.1, -0.05) is 0 Å². The van der Waals surface area contributed by atoms with Gasteiger partial charge in [-0.2, -0.15) is 0 Å². The van der Waals surface area contributed by atoms with Crippen LogP contribution in [0.25, 0.3) is 0 Å². The molecular formula is C9H10N2O4. The van der Waals surface area contributed by atoms with Crippen molar-refractivity contribution in [1.29, 1.82) is 0 Å². The zero-order chi connectivity index (χ0) is 11.3. The summed E-state index contributed by atoms with van der Waals surface area (Å²) in [6.45, 7) is 0.0591. The molecule has 0 aliphatic rings. The molecule has 0 aliphatic carbocycles. The van der Waals surface area contributed by atoms with Crippen molar-refractivity contribution in [3.63, 3.8) is 0 Å². The molecule has 0 aliphatic heterocycles. The van der Waals surface area contributed by atoms with Crippen molar-refractivity contribution in [1.82, 2.24) is 10.3 Å². The van der Waals surface area contributed by atoms with Crippen LogP contribution in [0.5, 0.6) is 0 Å². The van der Waals surface area contributed by atoms with Gasteiger partial charge >= 0.3 is 5.97 Å². The maximum absolute atomic E-state index is 11.3. The molecule has 0 bridgehead atoms. The number of amides is 1. The van der Waals surface area contributed by atoms with Crippen molar-refractivity contribution in [2.75, 3.05) is 6.54 Å². The van der Waals surface area contributed by atoms with Crippen molar-refractivity contribution < 1.29 is 19.5 Å². The second-order valence-electron chi connectivity index (χ2n) is 2.84. The standard InChI is InChI=1S/C9H10N2O4/c12-5-6-1-2-7(11-6)9(15)10-4-3-8(13)14/h1-2,5,11H,3-4H2,(H,10,15)(H,13,14).